The molecule has 250 valence electrons. The fraction of sp³-hybridized carbons (Fsp3) is 0.744. The van der Waals surface area contributed by atoms with E-state index in [1.54, 1.807) is 5.56 Å². The Labute approximate surface area is 274 Å². The topological polar surface area (TPSA) is 81.1 Å². The molecule has 0 radical (unpaired) electrons. The van der Waals surface area contributed by atoms with Crippen molar-refractivity contribution in [2.45, 2.75) is 166 Å². The van der Waals surface area contributed by atoms with Crippen LogP contribution in [0.2, 0.25) is 0 Å². The molecule has 2 aromatic rings. The van der Waals surface area contributed by atoms with Gasteiger partial charge in [0.15, 0.2) is 18.0 Å². The smallest absolute Gasteiger partial charge is 0.188 e. The summed E-state index contributed by atoms with van der Waals surface area (Å²) in [4.78, 5) is 4.03. The fourth-order valence-corrected chi connectivity index (χ4v) is 11.1. The predicted octanol–water partition coefficient (Wildman–Crippen LogP) is 7.28. The van der Waals surface area contributed by atoms with Crippen LogP contribution in [0.4, 0.5) is 0 Å². The predicted molar refractivity (Wildman–Crippen MR) is 176 cm³/mol. The van der Waals surface area contributed by atoms with Crippen LogP contribution in [-0.2, 0) is 46.7 Å². The zero-order chi connectivity index (χ0) is 32.4. The number of aromatic amines is 1. The van der Waals surface area contributed by atoms with Crippen molar-refractivity contribution < 1.29 is 28.4 Å². The van der Waals surface area contributed by atoms with Gasteiger partial charge in [0, 0.05) is 34.4 Å². The summed E-state index contributed by atoms with van der Waals surface area (Å²) >= 11 is 0. The number of nitrogens with one attached hydrogen (secondary N) is 1. The van der Waals surface area contributed by atoms with Crippen LogP contribution in [0, 0.1) is 17.3 Å². The first-order valence-electron chi connectivity index (χ1n) is 18.1. The molecule has 46 heavy (non-hydrogen) atoms. The van der Waals surface area contributed by atoms with Gasteiger partial charge >= 0.3 is 0 Å². The van der Waals surface area contributed by atoms with E-state index in [4.69, 9.17) is 28.4 Å². The molecule has 8 unspecified atom stereocenters. The maximum absolute atomic E-state index is 6.96. The number of ether oxygens (including phenoxy) is 6. The van der Waals surface area contributed by atoms with E-state index < -0.39 is 17.5 Å². The van der Waals surface area contributed by atoms with Gasteiger partial charge in [-0.25, -0.2) is 0 Å². The number of hydrogen-bond acceptors (Lipinski definition) is 6. The van der Waals surface area contributed by atoms with Crippen molar-refractivity contribution >= 4 is 10.9 Å². The summed E-state index contributed by atoms with van der Waals surface area (Å²) in [5, 5.41) is 1.45. The van der Waals surface area contributed by atoms with Crippen LogP contribution >= 0.6 is 0 Å². The van der Waals surface area contributed by atoms with Crippen LogP contribution in [0.5, 0.6) is 0 Å². The molecule has 1 aromatic carbocycles. The third-order valence-electron chi connectivity index (χ3n) is 14.0. The zero-order valence-electron chi connectivity index (χ0n) is 29.4. The summed E-state index contributed by atoms with van der Waals surface area (Å²) in [6, 6.07) is 6.81. The van der Waals surface area contributed by atoms with Gasteiger partial charge in [-0.15, -0.1) is 0 Å². The number of hydrogen-bond donors (Lipinski definition) is 1. The molecule has 5 saturated heterocycles. The van der Waals surface area contributed by atoms with E-state index in [1.807, 2.05) is 13.8 Å². The Bertz CT molecular complexity index is 1650. The zero-order valence-corrected chi connectivity index (χ0v) is 29.4. The Kier molecular flexibility index (Phi) is 5.91. The second kappa shape index (κ2) is 9.01. The molecule has 1 saturated carbocycles. The summed E-state index contributed by atoms with van der Waals surface area (Å²) < 4.78 is 39.1. The molecule has 10 rings (SSSR count). The molecule has 7 heteroatoms. The number of aromatic nitrogens is 1. The maximum Gasteiger partial charge on any atom is 0.188 e. The average Bonchev–Trinajstić information content (AvgIpc) is 3.92. The molecule has 0 amide bonds. The van der Waals surface area contributed by atoms with Crippen molar-refractivity contribution in [1.82, 2.24) is 4.98 Å². The third kappa shape index (κ3) is 3.62. The Balaban J connectivity index is 0.00000143. The Morgan fingerprint density at radius 2 is 1.54 bits per heavy atom. The average molecular weight is 632 g/mol. The number of allylic oxidation sites excluding steroid dienone is 1. The number of fused-ring (bicyclic) bond motifs is 9. The van der Waals surface area contributed by atoms with Crippen molar-refractivity contribution in [3.63, 3.8) is 0 Å². The molecule has 5 aliphatic heterocycles. The van der Waals surface area contributed by atoms with Gasteiger partial charge < -0.3 is 33.4 Å². The lowest BCUT2D eigenvalue weighted by Gasteiger charge is -2.60. The van der Waals surface area contributed by atoms with Crippen LogP contribution < -0.4 is 0 Å². The van der Waals surface area contributed by atoms with E-state index in [1.165, 1.54) is 28.6 Å². The lowest BCUT2D eigenvalue weighted by atomic mass is 9.44. The molecular formula is C39H53NO6. The minimum atomic E-state index is -0.512. The molecule has 3 aliphatic carbocycles. The Hall–Kier alpha value is -1.90. The summed E-state index contributed by atoms with van der Waals surface area (Å²) in [5.41, 5.74) is 4.56. The van der Waals surface area contributed by atoms with Crippen LogP contribution in [-0.4, -0.2) is 64.2 Å². The molecule has 7 nitrogen and oxygen atoms in total. The molecule has 11 atom stereocenters. The highest BCUT2D eigenvalue weighted by atomic mass is 16.8. The van der Waals surface area contributed by atoms with E-state index in [-0.39, 0.29) is 46.4 Å². The lowest BCUT2D eigenvalue weighted by molar-refractivity contribution is -0.329. The highest BCUT2D eigenvalue weighted by Crippen LogP contribution is 2.73. The number of epoxide rings is 3. The fourth-order valence-electron chi connectivity index (χ4n) is 11.1. The first-order chi connectivity index (χ1) is 21.7. The van der Waals surface area contributed by atoms with Crippen molar-refractivity contribution in [2.24, 2.45) is 17.3 Å². The Morgan fingerprint density at radius 3 is 2.24 bits per heavy atom. The first kappa shape index (κ1) is 30.2. The van der Waals surface area contributed by atoms with Crippen molar-refractivity contribution in [1.29, 1.82) is 0 Å². The number of rotatable bonds is 3. The molecule has 0 bridgehead atoms. The van der Waals surface area contributed by atoms with Crippen molar-refractivity contribution in [3.8, 4) is 0 Å². The van der Waals surface area contributed by atoms with E-state index in [2.05, 4.69) is 84.6 Å². The lowest BCUT2D eigenvalue weighted by Crippen LogP contribution is -2.66. The monoisotopic (exact) mass is 631 g/mol. The van der Waals surface area contributed by atoms with E-state index in [0.29, 0.717) is 17.9 Å². The van der Waals surface area contributed by atoms with Gasteiger partial charge in [-0.3, -0.25) is 0 Å². The minimum Gasteiger partial charge on any atom is -0.486 e. The SMILES string of the molecule is CC.CC1(C)OC1Cc1cccc2[nH]c3c(c12)C[C@@H]1CCC2C45OC4C4OC(C6OC6(C)C)OC(C)(C)C4OC5=CC[C@]2(C)[C@@]31C. The summed E-state index contributed by atoms with van der Waals surface area (Å²) in [6.07, 6.45) is 7.22. The van der Waals surface area contributed by atoms with Crippen LogP contribution in [0.15, 0.2) is 30.0 Å². The molecular weight excluding hydrogens is 578 g/mol. The van der Waals surface area contributed by atoms with Crippen molar-refractivity contribution in [2.75, 3.05) is 0 Å². The van der Waals surface area contributed by atoms with Gasteiger partial charge in [0.1, 0.15) is 29.7 Å². The highest BCUT2D eigenvalue weighted by molar-refractivity contribution is 5.89. The van der Waals surface area contributed by atoms with E-state index >= 15 is 0 Å². The van der Waals surface area contributed by atoms with Crippen LogP contribution in [0.25, 0.3) is 10.9 Å². The summed E-state index contributed by atoms with van der Waals surface area (Å²) in [6.45, 7) is 22.0. The quantitative estimate of drug-likeness (QED) is 0.359. The molecule has 6 heterocycles. The van der Waals surface area contributed by atoms with Gasteiger partial charge in [-0.1, -0.05) is 39.8 Å². The van der Waals surface area contributed by atoms with Gasteiger partial charge in [-0.2, -0.15) is 0 Å². The Morgan fingerprint density at radius 1 is 0.826 bits per heavy atom. The summed E-state index contributed by atoms with van der Waals surface area (Å²) in [5.74, 6) is 1.98. The molecule has 6 fully saturated rings. The second-order valence-corrected chi connectivity index (χ2v) is 17.4. The minimum absolute atomic E-state index is 0.00519. The molecule has 1 aromatic heterocycles. The number of benzene rings is 1. The van der Waals surface area contributed by atoms with Crippen molar-refractivity contribution in [3.05, 3.63) is 46.9 Å². The second-order valence-electron chi connectivity index (χ2n) is 17.4. The maximum atomic E-state index is 6.96. The molecule has 8 aliphatic rings. The van der Waals surface area contributed by atoms with Gasteiger partial charge in [0.05, 0.1) is 17.3 Å². The largest absolute Gasteiger partial charge is 0.486 e. The van der Waals surface area contributed by atoms with Crippen LogP contribution in [0.1, 0.15) is 105 Å². The van der Waals surface area contributed by atoms with Gasteiger partial charge in [0.25, 0.3) is 0 Å². The highest BCUT2D eigenvalue weighted by Gasteiger charge is 2.81. The van der Waals surface area contributed by atoms with Gasteiger partial charge in [0.2, 0.25) is 0 Å². The van der Waals surface area contributed by atoms with Gasteiger partial charge in [-0.05, 0) is 102 Å². The molecule has 1 spiro atoms. The van der Waals surface area contributed by atoms with E-state index in [9.17, 15) is 0 Å². The number of H-pyrrole nitrogens is 1. The van der Waals surface area contributed by atoms with E-state index in [0.717, 1.165) is 31.4 Å². The first-order valence-corrected chi connectivity index (χ1v) is 18.1. The van der Waals surface area contributed by atoms with Crippen LogP contribution in [0.3, 0.4) is 0 Å². The standard InChI is InChI=1S/C37H47NO6.C2H6/c1-32(2)24(41-32)16-18-10-9-11-21-25(18)20-17-19-12-13-22-35(7,36(19,8)27(20)38-21)15-14-23-37(22)29(43-37)26-28(39-23)33(3,4)44-31(40-26)30-34(5,6)42-30;1-2/h9-11,14,19,22,24,26,28-31,38H,12-13,15-17H2,1-8H3;1-2H3/t19-,22?,24?,26?,28?,29?,30?,31?,35-,36+,37?;/m0./s1. The normalized spacial score (nSPS) is 47.3. The molecule has 1 N–H and O–H groups in total. The summed E-state index contributed by atoms with van der Waals surface area (Å²) in [7, 11) is 0. The third-order valence-corrected chi connectivity index (χ3v) is 14.0.